The maximum atomic E-state index is 13.1. The second kappa shape index (κ2) is 13.0. The zero-order valence-corrected chi connectivity index (χ0v) is 21.2. The third-order valence-electron chi connectivity index (χ3n) is 7.51. The van der Waals surface area contributed by atoms with E-state index in [9.17, 15) is 14.4 Å². The molecule has 2 aliphatic rings. The molecule has 4 rings (SSSR count). The van der Waals surface area contributed by atoms with Crippen molar-refractivity contribution in [2.45, 2.75) is 50.5 Å². The summed E-state index contributed by atoms with van der Waals surface area (Å²) in [6.45, 7) is 0.988. The topological polar surface area (TPSA) is 131 Å². The van der Waals surface area contributed by atoms with Crippen LogP contribution in [0.1, 0.15) is 54.7 Å². The van der Waals surface area contributed by atoms with E-state index in [4.69, 9.17) is 10.00 Å². The van der Waals surface area contributed by atoms with Crippen molar-refractivity contribution in [1.29, 1.82) is 5.26 Å². The lowest BCUT2D eigenvalue weighted by molar-refractivity contribution is -0.144. The zero-order valence-electron chi connectivity index (χ0n) is 21.2. The van der Waals surface area contributed by atoms with Crippen LogP contribution in [0.25, 0.3) is 0 Å². The van der Waals surface area contributed by atoms with Gasteiger partial charge in [0.1, 0.15) is 0 Å². The summed E-state index contributed by atoms with van der Waals surface area (Å²) in [5.41, 5.74) is 3.02. The molecule has 2 atom stereocenters. The standard InChI is InChI=1S/C29H33N3O4.H2O/c1-36-27(33)17-25-16-26(32(29(25)35)13-5-8-20-6-3-2-4-7-20)19-31-28(34)24-14-23(15-24)22-11-9-21(18-30)10-12-22;/h2-4,6-7,9-12,23-26H,5,8,13-17,19H2,1H3,(H,31,34);1H2/t23?,24?,25-,26-;/m0./s1. The molecule has 196 valence electrons. The summed E-state index contributed by atoms with van der Waals surface area (Å²) < 4.78 is 4.79. The third-order valence-corrected chi connectivity index (χ3v) is 7.51. The molecule has 1 aliphatic carbocycles. The van der Waals surface area contributed by atoms with Crippen molar-refractivity contribution in [1.82, 2.24) is 10.2 Å². The van der Waals surface area contributed by atoms with Crippen LogP contribution < -0.4 is 5.32 Å². The molecular weight excluding hydrogens is 470 g/mol. The van der Waals surface area contributed by atoms with Crippen LogP contribution in [-0.4, -0.2) is 54.4 Å². The second-order valence-electron chi connectivity index (χ2n) is 9.83. The smallest absolute Gasteiger partial charge is 0.306 e. The number of hydrogen-bond acceptors (Lipinski definition) is 5. The fraction of sp³-hybridized carbons (Fsp3) is 0.448. The van der Waals surface area contributed by atoms with Gasteiger partial charge in [0.25, 0.3) is 0 Å². The summed E-state index contributed by atoms with van der Waals surface area (Å²) in [4.78, 5) is 39.6. The van der Waals surface area contributed by atoms with E-state index in [0.29, 0.717) is 31.0 Å². The monoisotopic (exact) mass is 505 g/mol. The Kier molecular flexibility index (Phi) is 9.81. The predicted molar refractivity (Wildman–Crippen MR) is 138 cm³/mol. The van der Waals surface area contributed by atoms with Crippen molar-refractivity contribution >= 4 is 17.8 Å². The second-order valence-corrected chi connectivity index (χ2v) is 9.83. The van der Waals surface area contributed by atoms with E-state index in [1.165, 1.54) is 12.7 Å². The SMILES string of the molecule is COC(=O)C[C@@H]1C[C@@H](CNC(=O)C2CC(c3ccc(C#N)cc3)C2)N(CCCc2ccccc2)C1=O.O. The highest BCUT2D eigenvalue weighted by Crippen LogP contribution is 2.41. The number of carbonyl (C=O) groups is 3. The van der Waals surface area contributed by atoms with Gasteiger partial charge in [0.2, 0.25) is 11.8 Å². The molecule has 2 amide bonds. The maximum Gasteiger partial charge on any atom is 0.306 e. The van der Waals surface area contributed by atoms with Crippen LogP contribution >= 0.6 is 0 Å². The average Bonchev–Trinajstić information content (AvgIpc) is 3.16. The number of ether oxygens (including phenoxy) is 1. The molecule has 8 heteroatoms. The van der Waals surface area contributed by atoms with E-state index in [2.05, 4.69) is 23.5 Å². The minimum absolute atomic E-state index is 0. The third kappa shape index (κ3) is 6.95. The van der Waals surface area contributed by atoms with Crippen LogP contribution in [-0.2, 0) is 25.5 Å². The largest absolute Gasteiger partial charge is 0.469 e. The van der Waals surface area contributed by atoms with Gasteiger partial charge in [0.05, 0.1) is 31.1 Å². The highest BCUT2D eigenvalue weighted by atomic mass is 16.5. The number of hydrogen-bond donors (Lipinski definition) is 1. The number of nitrogens with zero attached hydrogens (tertiary/aromatic N) is 2. The van der Waals surface area contributed by atoms with E-state index >= 15 is 0 Å². The van der Waals surface area contributed by atoms with Crippen LogP contribution in [0.15, 0.2) is 54.6 Å². The molecule has 1 saturated carbocycles. The number of rotatable bonds is 10. The summed E-state index contributed by atoms with van der Waals surface area (Å²) in [5.74, 6) is -0.503. The zero-order chi connectivity index (χ0) is 25.5. The molecule has 2 aromatic rings. The van der Waals surface area contributed by atoms with Crippen LogP contribution in [0, 0.1) is 23.2 Å². The Morgan fingerprint density at radius 3 is 2.43 bits per heavy atom. The highest BCUT2D eigenvalue weighted by Gasteiger charge is 2.41. The van der Waals surface area contributed by atoms with Crippen molar-refractivity contribution in [3.8, 4) is 6.07 Å². The number of nitriles is 1. The molecule has 1 saturated heterocycles. The Morgan fingerprint density at radius 2 is 1.78 bits per heavy atom. The van der Waals surface area contributed by atoms with Crippen LogP contribution in [0.2, 0.25) is 0 Å². The summed E-state index contributed by atoms with van der Waals surface area (Å²) in [7, 11) is 1.33. The quantitative estimate of drug-likeness (QED) is 0.496. The molecule has 0 unspecified atom stereocenters. The van der Waals surface area contributed by atoms with Crippen molar-refractivity contribution in [3.05, 3.63) is 71.3 Å². The summed E-state index contributed by atoms with van der Waals surface area (Å²) in [6, 6.07) is 19.7. The van der Waals surface area contributed by atoms with Gasteiger partial charge in [0.15, 0.2) is 0 Å². The van der Waals surface area contributed by atoms with Crippen molar-refractivity contribution in [2.24, 2.45) is 11.8 Å². The van der Waals surface area contributed by atoms with E-state index in [1.807, 2.05) is 47.4 Å². The number of benzene rings is 2. The van der Waals surface area contributed by atoms with Gasteiger partial charge in [-0.1, -0.05) is 42.5 Å². The molecule has 1 aliphatic heterocycles. The first-order valence-corrected chi connectivity index (χ1v) is 12.7. The van der Waals surface area contributed by atoms with Crippen molar-refractivity contribution in [2.75, 3.05) is 20.2 Å². The van der Waals surface area contributed by atoms with Gasteiger partial charge in [-0.3, -0.25) is 14.4 Å². The number of aryl methyl sites for hydroxylation is 1. The molecule has 0 radical (unpaired) electrons. The van der Waals surface area contributed by atoms with Gasteiger partial charge in [-0.25, -0.2) is 0 Å². The summed E-state index contributed by atoms with van der Waals surface area (Å²) in [6.07, 6.45) is 3.87. The molecule has 2 aromatic carbocycles. The lowest BCUT2D eigenvalue weighted by atomic mass is 9.71. The summed E-state index contributed by atoms with van der Waals surface area (Å²) >= 11 is 0. The molecule has 3 N–H and O–H groups in total. The number of methoxy groups -OCH3 is 1. The van der Waals surface area contributed by atoms with E-state index in [-0.39, 0.29) is 41.6 Å². The first-order valence-electron chi connectivity index (χ1n) is 12.7. The first-order chi connectivity index (χ1) is 17.5. The van der Waals surface area contributed by atoms with Gasteiger partial charge in [0, 0.05) is 25.0 Å². The van der Waals surface area contributed by atoms with Crippen molar-refractivity contribution in [3.63, 3.8) is 0 Å². The molecular formula is C29H35N3O5. The molecule has 2 fully saturated rings. The molecule has 0 spiro atoms. The fourth-order valence-corrected chi connectivity index (χ4v) is 5.31. The molecule has 37 heavy (non-hydrogen) atoms. The van der Waals surface area contributed by atoms with E-state index in [0.717, 1.165) is 31.2 Å². The number of likely N-dealkylation sites (tertiary alicyclic amines) is 1. The minimum atomic E-state index is -0.402. The Morgan fingerprint density at radius 1 is 1.08 bits per heavy atom. The fourth-order valence-electron chi connectivity index (χ4n) is 5.31. The first kappa shape index (κ1) is 27.9. The number of carbonyl (C=O) groups excluding carboxylic acids is 3. The lowest BCUT2D eigenvalue weighted by Gasteiger charge is -2.35. The Balaban J connectivity index is 0.00000380. The molecule has 0 aromatic heterocycles. The van der Waals surface area contributed by atoms with Crippen molar-refractivity contribution < 1.29 is 24.6 Å². The Labute approximate surface area is 217 Å². The number of nitrogens with one attached hydrogen (secondary N) is 1. The average molecular weight is 506 g/mol. The Bertz CT molecular complexity index is 1110. The lowest BCUT2D eigenvalue weighted by Crippen LogP contribution is -2.45. The van der Waals surface area contributed by atoms with Crippen LogP contribution in [0.4, 0.5) is 0 Å². The van der Waals surface area contributed by atoms with Gasteiger partial charge in [-0.2, -0.15) is 5.26 Å². The number of esters is 1. The molecule has 8 nitrogen and oxygen atoms in total. The van der Waals surface area contributed by atoms with Crippen LogP contribution in [0.5, 0.6) is 0 Å². The normalized spacial score (nSPS) is 22.4. The predicted octanol–water partition coefficient (Wildman–Crippen LogP) is 2.76. The minimum Gasteiger partial charge on any atom is -0.469 e. The molecule has 1 heterocycles. The highest BCUT2D eigenvalue weighted by molar-refractivity contribution is 5.86. The summed E-state index contributed by atoms with van der Waals surface area (Å²) in [5, 5.41) is 12.0. The Hall–Kier alpha value is -3.70. The van der Waals surface area contributed by atoms with Gasteiger partial charge >= 0.3 is 5.97 Å². The van der Waals surface area contributed by atoms with Gasteiger partial charge in [-0.05, 0) is 61.3 Å². The maximum absolute atomic E-state index is 13.1. The van der Waals surface area contributed by atoms with Gasteiger partial charge < -0.3 is 20.4 Å². The van der Waals surface area contributed by atoms with Crippen LogP contribution in [0.3, 0.4) is 0 Å². The van der Waals surface area contributed by atoms with E-state index in [1.54, 1.807) is 0 Å². The molecule has 0 bridgehead atoms. The van der Waals surface area contributed by atoms with E-state index < -0.39 is 5.92 Å². The number of amides is 2. The van der Waals surface area contributed by atoms with Gasteiger partial charge in [-0.15, -0.1) is 0 Å².